The molecule has 2 aromatic carbocycles. The maximum Gasteiger partial charge on any atom is 0.161 e. The van der Waals surface area contributed by atoms with E-state index in [2.05, 4.69) is 52.1 Å². The first kappa shape index (κ1) is 15.9. The zero-order valence-corrected chi connectivity index (χ0v) is 14.2. The lowest BCUT2D eigenvalue weighted by atomic mass is 10.1. The number of hydrogen-bond acceptors (Lipinski definition) is 3. The molecule has 4 heteroatoms. The molecule has 0 aliphatic rings. The molecule has 0 N–H and O–H groups in total. The highest BCUT2D eigenvalue weighted by Gasteiger charge is 2.11. The number of halogens is 1. The maximum absolute atomic E-state index is 5.37. The highest BCUT2D eigenvalue weighted by atomic mass is 79.9. The smallest absolute Gasteiger partial charge is 0.161 e. The van der Waals surface area contributed by atoms with Crippen LogP contribution in [-0.4, -0.2) is 26.2 Å². The molecule has 0 aromatic heterocycles. The van der Waals surface area contributed by atoms with E-state index in [9.17, 15) is 0 Å². The summed E-state index contributed by atoms with van der Waals surface area (Å²) in [6.07, 6.45) is 0. The Morgan fingerprint density at radius 2 is 1.57 bits per heavy atom. The fraction of sp³-hybridized carbons (Fsp3) is 0.294. The Labute approximate surface area is 134 Å². The standard InChI is InChI=1S/C17H20BrNO2/c1-19(11-13-7-5-4-6-8-13)12-14-9-16(20-2)17(21-3)10-15(14)18/h4-10H,11-12H2,1-3H3. The second-order valence-corrected chi connectivity index (χ2v) is 5.81. The molecule has 0 amide bonds. The van der Waals surface area contributed by atoms with Crippen LogP contribution in [0.3, 0.4) is 0 Å². The number of hydrogen-bond donors (Lipinski definition) is 0. The zero-order valence-electron chi connectivity index (χ0n) is 12.6. The van der Waals surface area contributed by atoms with Crippen molar-refractivity contribution in [2.75, 3.05) is 21.3 Å². The Morgan fingerprint density at radius 1 is 0.952 bits per heavy atom. The van der Waals surface area contributed by atoms with Gasteiger partial charge in [0, 0.05) is 17.6 Å². The van der Waals surface area contributed by atoms with Gasteiger partial charge in [0.1, 0.15) is 0 Å². The number of rotatable bonds is 6. The molecular formula is C17H20BrNO2. The van der Waals surface area contributed by atoms with Crippen molar-refractivity contribution in [3.63, 3.8) is 0 Å². The van der Waals surface area contributed by atoms with Gasteiger partial charge in [-0.3, -0.25) is 4.90 Å². The van der Waals surface area contributed by atoms with Crippen LogP contribution >= 0.6 is 15.9 Å². The van der Waals surface area contributed by atoms with Crippen LogP contribution in [0.25, 0.3) is 0 Å². The van der Waals surface area contributed by atoms with Crippen molar-refractivity contribution < 1.29 is 9.47 Å². The highest BCUT2D eigenvalue weighted by molar-refractivity contribution is 9.10. The molecule has 0 aliphatic carbocycles. The minimum absolute atomic E-state index is 0.735. The van der Waals surface area contributed by atoms with Gasteiger partial charge in [-0.2, -0.15) is 0 Å². The summed E-state index contributed by atoms with van der Waals surface area (Å²) in [4.78, 5) is 2.27. The SMILES string of the molecule is COc1cc(Br)c(CN(C)Cc2ccccc2)cc1OC. The Bertz CT molecular complexity index is 587. The van der Waals surface area contributed by atoms with Gasteiger partial charge in [-0.1, -0.05) is 46.3 Å². The minimum atomic E-state index is 0.735. The minimum Gasteiger partial charge on any atom is -0.493 e. The molecule has 112 valence electrons. The van der Waals surface area contributed by atoms with E-state index < -0.39 is 0 Å². The normalized spacial score (nSPS) is 10.7. The molecule has 0 spiro atoms. The molecule has 0 saturated heterocycles. The summed E-state index contributed by atoms with van der Waals surface area (Å²) < 4.78 is 11.7. The molecule has 2 rings (SSSR count). The Hall–Kier alpha value is -1.52. The summed E-state index contributed by atoms with van der Waals surface area (Å²) in [5.41, 5.74) is 2.47. The highest BCUT2D eigenvalue weighted by Crippen LogP contribution is 2.33. The van der Waals surface area contributed by atoms with Crippen molar-refractivity contribution in [1.82, 2.24) is 4.90 Å². The molecular weight excluding hydrogens is 330 g/mol. The van der Waals surface area contributed by atoms with Gasteiger partial charge in [0.25, 0.3) is 0 Å². The first-order valence-corrected chi connectivity index (χ1v) is 7.56. The fourth-order valence-corrected chi connectivity index (χ4v) is 2.71. The summed E-state index contributed by atoms with van der Waals surface area (Å²) >= 11 is 3.60. The van der Waals surface area contributed by atoms with Crippen molar-refractivity contribution in [2.45, 2.75) is 13.1 Å². The molecule has 0 radical (unpaired) electrons. The Morgan fingerprint density at radius 3 is 2.19 bits per heavy atom. The van der Waals surface area contributed by atoms with E-state index in [1.165, 1.54) is 11.1 Å². The van der Waals surface area contributed by atoms with Gasteiger partial charge in [0.05, 0.1) is 14.2 Å². The van der Waals surface area contributed by atoms with Gasteiger partial charge < -0.3 is 9.47 Å². The predicted octanol–water partition coefficient (Wildman–Crippen LogP) is 4.10. The summed E-state index contributed by atoms with van der Waals surface area (Å²) in [5.74, 6) is 1.49. The molecule has 21 heavy (non-hydrogen) atoms. The first-order valence-electron chi connectivity index (χ1n) is 6.77. The van der Waals surface area contributed by atoms with Crippen LogP contribution in [0.2, 0.25) is 0 Å². The number of ether oxygens (including phenoxy) is 2. The van der Waals surface area contributed by atoms with E-state index in [1.54, 1.807) is 14.2 Å². The summed E-state index contributed by atoms with van der Waals surface area (Å²) in [5, 5.41) is 0. The molecule has 0 bridgehead atoms. The summed E-state index contributed by atoms with van der Waals surface area (Å²) in [6.45, 7) is 1.73. The fourth-order valence-electron chi connectivity index (χ4n) is 2.26. The molecule has 0 heterocycles. The van der Waals surface area contributed by atoms with Gasteiger partial charge in [0.15, 0.2) is 11.5 Å². The Kier molecular flexibility index (Phi) is 5.65. The third kappa shape index (κ3) is 4.22. The molecule has 0 unspecified atom stereocenters. The van der Waals surface area contributed by atoms with Crippen LogP contribution < -0.4 is 9.47 Å². The molecule has 3 nitrogen and oxygen atoms in total. The van der Waals surface area contributed by atoms with Crippen molar-refractivity contribution in [2.24, 2.45) is 0 Å². The molecule has 0 saturated carbocycles. The predicted molar refractivity (Wildman–Crippen MR) is 88.9 cm³/mol. The van der Waals surface area contributed by atoms with E-state index in [4.69, 9.17) is 9.47 Å². The van der Waals surface area contributed by atoms with Gasteiger partial charge in [0.2, 0.25) is 0 Å². The first-order chi connectivity index (χ1) is 10.1. The molecule has 0 atom stereocenters. The maximum atomic E-state index is 5.37. The van der Waals surface area contributed by atoms with Gasteiger partial charge in [-0.05, 0) is 30.3 Å². The molecule has 0 fully saturated rings. The van der Waals surface area contributed by atoms with Crippen molar-refractivity contribution in [3.8, 4) is 11.5 Å². The van der Waals surface area contributed by atoms with Crippen molar-refractivity contribution in [1.29, 1.82) is 0 Å². The van der Waals surface area contributed by atoms with Gasteiger partial charge in [-0.15, -0.1) is 0 Å². The number of benzene rings is 2. The largest absolute Gasteiger partial charge is 0.493 e. The third-order valence-corrected chi connectivity index (χ3v) is 4.03. The van der Waals surface area contributed by atoms with E-state index in [0.29, 0.717) is 0 Å². The average Bonchev–Trinajstić information content (AvgIpc) is 2.49. The number of methoxy groups -OCH3 is 2. The lowest BCUT2D eigenvalue weighted by molar-refractivity contribution is 0.315. The quantitative estimate of drug-likeness (QED) is 0.783. The second kappa shape index (κ2) is 7.48. The van der Waals surface area contributed by atoms with Crippen molar-refractivity contribution in [3.05, 3.63) is 58.1 Å². The summed E-state index contributed by atoms with van der Waals surface area (Å²) in [6, 6.07) is 14.4. The van der Waals surface area contributed by atoms with Crippen LogP contribution in [0.15, 0.2) is 46.9 Å². The van der Waals surface area contributed by atoms with Gasteiger partial charge in [-0.25, -0.2) is 0 Å². The van der Waals surface area contributed by atoms with Crippen LogP contribution in [0.1, 0.15) is 11.1 Å². The molecule has 2 aromatic rings. The van der Waals surface area contributed by atoms with Crippen LogP contribution in [0.4, 0.5) is 0 Å². The second-order valence-electron chi connectivity index (χ2n) is 4.96. The van der Waals surface area contributed by atoms with E-state index >= 15 is 0 Å². The van der Waals surface area contributed by atoms with Crippen LogP contribution in [-0.2, 0) is 13.1 Å². The summed E-state index contributed by atoms with van der Waals surface area (Å²) in [7, 11) is 5.41. The van der Waals surface area contributed by atoms with Crippen molar-refractivity contribution >= 4 is 15.9 Å². The van der Waals surface area contributed by atoms with E-state index in [1.807, 2.05) is 18.2 Å². The average molecular weight is 350 g/mol. The Balaban J connectivity index is 2.11. The van der Waals surface area contributed by atoms with Crippen LogP contribution in [0.5, 0.6) is 11.5 Å². The number of nitrogens with zero attached hydrogens (tertiary/aromatic N) is 1. The topological polar surface area (TPSA) is 21.7 Å². The van der Waals surface area contributed by atoms with Gasteiger partial charge >= 0.3 is 0 Å². The lowest BCUT2D eigenvalue weighted by Gasteiger charge is -2.19. The lowest BCUT2D eigenvalue weighted by Crippen LogP contribution is -2.17. The third-order valence-electron chi connectivity index (χ3n) is 3.29. The van der Waals surface area contributed by atoms with E-state index in [-0.39, 0.29) is 0 Å². The molecule has 0 aliphatic heterocycles. The zero-order chi connectivity index (χ0) is 15.2. The van der Waals surface area contributed by atoms with E-state index in [0.717, 1.165) is 29.1 Å². The monoisotopic (exact) mass is 349 g/mol. The van der Waals surface area contributed by atoms with Crippen LogP contribution in [0, 0.1) is 0 Å².